The van der Waals surface area contributed by atoms with E-state index in [2.05, 4.69) is 15.5 Å². The minimum Gasteiger partial charge on any atom is -0.480 e. The lowest BCUT2D eigenvalue weighted by molar-refractivity contribution is -0.150. The van der Waals surface area contributed by atoms with Gasteiger partial charge >= 0.3 is 11.9 Å². The Bertz CT molecular complexity index is 1240. The Morgan fingerprint density at radius 1 is 1.31 bits per heavy atom. The lowest BCUT2D eigenvalue weighted by Crippen LogP contribution is -2.71. The minimum absolute atomic E-state index is 0.0191. The largest absolute Gasteiger partial charge is 0.480 e. The van der Waals surface area contributed by atoms with Gasteiger partial charge in [-0.1, -0.05) is 5.16 Å². The molecule has 3 amide bonds. The third-order valence-corrected chi connectivity index (χ3v) is 7.43. The van der Waals surface area contributed by atoms with Gasteiger partial charge in [-0.2, -0.15) is 0 Å². The number of amides is 3. The fourth-order valence-electron chi connectivity index (χ4n) is 3.90. The number of aliphatic carboxylic acids is 2. The number of carboxylic acid groups (broad SMARTS) is 2. The molecular weight excluding hydrogens is 504 g/mol. The van der Waals surface area contributed by atoms with Crippen LogP contribution in [-0.2, 0) is 24.0 Å². The Hall–Kier alpha value is -3.92. The average molecular weight is 523 g/mol. The number of hydrogen-bond donors (Lipinski definition) is 5. The fourth-order valence-corrected chi connectivity index (χ4v) is 5.75. The number of aromatic nitrogens is 1. The summed E-state index contributed by atoms with van der Waals surface area (Å²) < 4.78 is 0. The molecule has 0 aliphatic carbocycles. The molecule has 2 atom stereocenters. The van der Waals surface area contributed by atoms with E-state index in [1.807, 2.05) is 0 Å². The van der Waals surface area contributed by atoms with Crippen LogP contribution in [0.2, 0.25) is 0 Å². The highest BCUT2D eigenvalue weighted by atomic mass is 32.2. The van der Waals surface area contributed by atoms with E-state index < -0.39 is 53.3 Å². The van der Waals surface area contributed by atoms with Crippen LogP contribution in [0.1, 0.15) is 12.1 Å². The lowest BCUT2D eigenvalue weighted by Gasteiger charge is -2.49. The van der Waals surface area contributed by atoms with E-state index in [4.69, 9.17) is 10.8 Å². The number of nitrogens with two attached hydrogens (primary N) is 1. The molecule has 0 radical (unpaired) electrons. The molecular formula is C19H18N6O8S2. The van der Waals surface area contributed by atoms with Crippen LogP contribution in [0.25, 0.3) is 0 Å². The molecule has 2 saturated heterocycles. The van der Waals surface area contributed by atoms with Crippen molar-refractivity contribution in [2.45, 2.75) is 17.8 Å². The molecule has 4 rings (SSSR count). The SMILES string of the molecule is Nc1nc(/C(=N/O)C(=O)N[C@@H]2C(=O)N3C(C(=O)O)=C(/C=C4\CCN(CC(=O)O)C4=O)CS[C@H]23)cs1. The number of oxime groups is 1. The molecule has 35 heavy (non-hydrogen) atoms. The van der Waals surface area contributed by atoms with Gasteiger partial charge in [0, 0.05) is 23.3 Å². The first-order chi connectivity index (χ1) is 16.6. The van der Waals surface area contributed by atoms with Crippen LogP contribution in [-0.4, -0.2) is 95.8 Å². The summed E-state index contributed by atoms with van der Waals surface area (Å²) in [4.78, 5) is 66.8. The van der Waals surface area contributed by atoms with Gasteiger partial charge in [0.15, 0.2) is 10.8 Å². The normalized spacial score (nSPS) is 23.4. The molecule has 14 nitrogen and oxygen atoms in total. The minimum atomic E-state index is -1.39. The molecule has 0 bridgehead atoms. The van der Waals surface area contributed by atoms with Crippen LogP contribution < -0.4 is 11.1 Å². The van der Waals surface area contributed by atoms with Crippen LogP contribution in [0.15, 0.2) is 33.5 Å². The molecule has 2 fully saturated rings. The van der Waals surface area contributed by atoms with Crippen molar-refractivity contribution in [2.75, 3.05) is 24.6 Å². The van der Waals surface area contributed by atoms with E-state index in [0.29, 0.717) is 0 Å². The molecule has 0 spiro atoms. The summed E-state index contributed by atoms with van der Waals surface area (Å²) >= 11 is 2.21. The Kier molecular flexibility index (Phi) is 6.49. The average Bonchev–Trinajstić information content (AvgIpc) is 3.37. The first-order valence-electron chi connectivity index (χ1n) is 9.99. The second-order valence-corrected chi connectivity index (χ2v) is 9.59. The number of nitrogen functional groups attached to an aromatic ring is 1. The summed E-state index contributed by atoms with van der Waals surface area (Å²) in [5, 5.41) is 34.1. The molecule has 4 heterocycles. The Morgan fingerprint density at radius 2 is 2.06 bits per heavy atom. The van der Waals surface area contributed by atoms with Crippen LogP contribution in [0, 0.1) is 0 Å². The summed E-state index contributed by atoms with van der Waals surface area (Å²) in [6, 6.07) is -1.08. The second kappa shape index (κ2) is 9.38. The van der Waals surface area contributed by atoms with Crippen molar-refractivity contribution >= 4 is 63.6 Å². The molecule has 3 aliphatic heterocycles. The number of β-lactam (4-membered cyclic amide) rings is 1. The number of nitrogens with zero attached hydrogens (tertiary/aromatic N) is 4. The fraction of sp³-hybridized carbons (Fsp3) is 0.316. The molecule has 0 aromatic carbocycles. The standard InChI is InChI=1S/C19H18N6O8S2/c20-19-21-9(6-35-19)11(23-33)14(28)22-12-16(30)25-13(18(31)32)8(5-34-17(12)25)3-7-1-2-24(15(7)29)4-10(26)27/h3,6,12,17,33H,1-2,4-5H2,(H2,20,21)(H,22,28)(H,26,27)(H,31,32)/b7-3+,23-11-/t12-,17-/m1/s1. The summed E-state index contributed by atoms with van der Waals surface area (Å²) in [5.41, 5.74) is 5.27. The number of thiazole rings is 1. The van der Waals surface area contributed by atoms with Crippen molar-refractivity contribution in [3.8, 4) is 0 Å². The van der Waals surface area contributed by atoms with Crippen molar-refractivity contribution in [3.05, 3.63) is 34.0 Å². The maximum atomic E-state index is 12.8. The molecule has 16 heteroatoms. The first kappa shape index (κ1) is 24.2. The van der Waals surface area contributed by atoms with E-state index in [0.717, 1.165) is 21.1 Å². The Balaban J connectivity index is 1.53. The zero-order valence-corrected chi connectivity index (χ0v) is 19.3. The highest BCUT2D eigenvalue weighted by Crippen LogP contribution is 2.41. The van der Waals surface area contributed by atoms with Crippen molar-refractivity contribution < 1.29 is 39.4 Å². The van der Waals surface area contributed by atoms with Gasteiger partial charge in [-0.25, -0.2) is 9.78 Å². The van der Waals surface area contributed by atoms with E-state index in [9.17, 15) is 34.3 Å². The number of rotatable bonds is 7. The Labute approximate surface area is 204 Å². The number of nitrogens with one attached hydrogen (secondary N) is 1. The van der Waals surface area contributed by atoms with Crippen molar-refractivity contribution in [3.63, 3.8) is 0 Å². The number of carboxylic acids is 2. The van der Waals surface area contributed by atoms with Gasteiger partial charge in [0.2, 0.25) is 5.91 Å². The number of thioether (sulfide) groups is 1. The number of hydrogen-bond acceptors (Lipinski definition) is 11. The summed E-state index contributed by atoms with van der Waals surface area (Å²) in [7, 11) is 0. The van der Waals surface area contributed by atoms with Gasteiger partial charge < -0.3 is 31.4 Å². The van der Waals surface area contributed by atoms with E-state index in [1.54, 1.807) is 0 Å². The third-order valence-electron chi connectivity index (χ3n) is 5.45. The summed E-state index contributed by atoms with van der Waals surface area (Å²) in [5.74, 6) is -4.50. The van der Waals surface area contributed by atoms with Crippen LogP contribution in [0.4, 0.5) is 5.13 Å². The zero-order valence-electron chi connectivity index (χ0n) is 17.7. The van der Waals surface area contributed by atoms with Gasteiger partial charge in [0.05, 0.1) is 0 Å². The van der Waals surface area contributed by atoms with Crippen LogP contribution in [0.5, 0.6) is 0 Å². The third kappa shape index (κ3) is 4.44. The second-order valence-electron chi connectivity index (χ2n) is 7.60. The number of anilines is 1. The van der Waals surface area contributed by atoms with Gasteiger partial charge in [-0.15, -0.1) is 23.1 Å². The number of allylic oxidation sites excluding steroid dienone is 1. The quantitative estimate of drug-likeness (QED) is 0.0950. The highest BCUT2D eigenvalue weighted by Gasteiger charge is 2.54. The molecule has 3 aliphatic rings. The molecule has 6 N–H and O–H groups in total. The Morgan fingerprint density at radius 3 is 2.66 bits per heavy atom. The molecule has 0 unspecified atom stereocenters. The van der Waals surface area contributed by atoms with Crippen LogP contribution >= 0.6 is 23.1 Å². The van der Waals surface area contributed by atoms with Gasteiger partial charge in [-0.3, -0.25) is 24.1 Å². The van der Waals surface area contributed by atoms with Gasteiger partial charge in [0.1, 0.15) is 29.4 Å². The predicted octanol–water partition coefficient (Wildman–Crippen LogP) is -1.11. The van der Waals surface area contributed by atoms with Crippen molar-refractivity contribution in [1.82, 2.24) is 20.1 Å². The molecule has 0 saturated carbocycles. The number of fused-ring (bicyclic) bond motifs is 1. The van der Waals surface area contributed by atoms with Crippen molar-refractivity contribution in [2.24, 2.45) is 5.16 Å². The molecule has 1 aromatic heterocycles. The van der Waals surface area contributed by atoms with E-state index >= 15 is 0 Å². The number of likely N-dealkylation sites (tertiary alicyclic amines) is 1. The zero-order chi connectivity index (χ0) is 25.4. The topological polar surface area (TPSA) is 216 Å². The first-order valence-corrected chi connectivity index (χ1v) is 11.9. The van der Waals surface area contributed by atoms with Crippen molar-refractivity contribution in [1.29, 1.82) is 0 Å². The lowest BCUT2D eigenvalue weighted by atomic mass is 10.0. The maximum absolute atomic E-state index is 12.8. The maximum Gasteiger partial charge on any atom is 0.352 e. The van der Waals surface area contributed by atoms with Crippen LogP contribution in [0.3, 0.4) is 0 Å². The molecule has 1 aromatic rings. The number of carbonyl (C=O) groups is 5. The highest BCUT2D eigenvalue weighted by molar-refractivity contribution is 8.00. The smallest absolute Gasteiger partial charge is 0.352 e. The summed E-state index contributed by atoms with van der Waals surface area (Å²) in [6.07, 6.45) is 1.63. The van der Waals surface area contributed by atoms with E-state index in [1.165, 1.54) is 23.2 Å². The summed E-state index contributed by atoms with van der Waals surface area (Å²) in [6.45, 7) is -0.269. The van der Waals surface area contributed by atoms with Gasteiger partial charge in [0.25, 0.3) is 11.8 Å². The monoisotopic (exact) mass is 522 g/mol. The van der Waals surface area contributed by atoms with E-state index in [-0.39, 0.29) is 46.4 Å². The van der Waals surface area contributed by atoms with Gasteiger partial charge in [-0.05, 0) is 18.1 Å². The molecule has 184 valence electrons. The predicted molar refractivity (Wildman–Crippen MR) is 121 cm³/mol. The number of carbonyl (C=O) groups excluding carboxylic acids is 3.